The van der Waals surface area contributed by atoms with Crippen LogP contribution in [0.2, 0.25) is 5.02 Å². The Morgan fingerprint density at radius 1 is 1.13 bits per heavy atom. The Hall–Kier alpha value is -4.14. The van der Waals surface area contributed by atoms with Crippen molar-refractivity contribution in [1.82, 2.24) is 34.6 Å². The minimum absolute atomic E-state index is 0.212. The summed E-state index contributed by atoms with van der Waals surface area (Å²) in [5, 5.41) is 17.2. The van der Waals surface area contributed by atoms with Crippen molar-refractivity contribution in [3.05, 3.63) is 77.0 Å². The summed E-state index contributed by atoms with van der Waals surface area (Å²) >= 11 is 5.82. The summed E-state index contributed by atoms with van der Waals surface area (Å²) in [6.07, 6.45) is 6.87. The number of aliphatic hydroxyl groups is 1. The molecule has 2 fully saturated rings. The Kier molecular flexibility index (Phi) is 8.70. The van der Waals surface area contributed by atoms with Crippen LogP contribution in [0.5, 0.6) is 0 Å². The molecule has 15 heteroatoms. The molecule has 2 aliphatic heterocycles. The predicted molar refractivity (Wildman–Crippen MR) is 165 cm³/mol. The maximum absolute atomic E-state index is 14.7. The normalized spacial score (nSPS) is 18.4. The number of alkyl halides is 2. The molecular formula is C31H33ClF3N9O2. The number of hydrogen-bond acceptors (Lipinski definition) is 9. The summed E-state index contributed by atoms with van der Waals surface area (Å²) in [5.41, 5.74) is -1.03. The smallest absolute Gasteiger partial charge is 0.275 e. The lowest BCUT2D eigenvalue weighted by molar-refractivity contribution is -0.129. The Morgan fingerprint density at radius 3 is 2.52 bits per heavy atom. The standard InChI is InChI=1S/C31H33ClF3N9O2/c1-17(2)31(46)15-42(16-31)14-21-6-7-43(21)30-37-8-19(9-38-30)18(3)44-13-20(10-39-44)40-29(45)25-12-36-11-24(41-25)26-22(28(34)35)4-5-23(32)27(26)33/h4-5,8-13,17-18,21,28,46H,6-7,14-16H2,1-3H3,(H,40,45). The third kappa shape index (κ3) is 6.16. The van der Waals surface area contributed by atoms with Crippen molar-refractivity contribution < 1.29 is 23.1 Å². The molecule has 4 aromatic rings. The second kappa shape index (κ2) is 12.6. The van der Waals surface area contributed by atoms with Crippen molar-refractivity contribution in [1.29, 1.82) is 0 Å². The number of rotatable bonds is 10. The van der Waals surface area contributed by atoms with Gasteiger partial charge < -0.3 is 15.3 Å². The molecule has 3 aromatic heterocycles. The molecule has 2 unspecified atom stereocenters. The number of anilines is 2. The molecule has 2 atom stereocenters. The molecule has 2 aliphatic rings. The number of nitrogens with one attached hydrogen (secondary N) is 1. The van der Waals surface area contributed by atoms with Crippen molar-refractivity contribution in [2.75, 3.05) is 36.4 Å². The summed E-state index contributed by atoms with van der Waals surface area (Å²) in [7, 11) is 0. The molecule has 242 valence electrons. The molecule has 46 heavy (non-hydrogen) atoms. The highest BCUT2D eigenvalue weighted by Gasteiger charge is 2.45. The SMILES string of the molecule is CC(c1cnc(N2CCC2CN2CC(O)(C(C)C)C2)nc1)n1cc(NC(=O)c2cncc(-c3c(C(F)F)ccc(Cl)c3F)n2)cn1. The lowest BCUT2D eigenvalue weighted by atomic mass is 9.82. The molecule has 0 bridgehead atoms. The van der Waals surface area contributed by atoms with Crippen LogP contribution in [-0.2, 0) is 0 Å². The van der Waals surface area contributed by atoms with Crippen LogP contribution in [0.3, 0.4) is 0 Å². The summed E-state index contributed by atoms with van der Waals surface area (Å²) < 4.78 is 43.6. The van der Waals surface area contributed by atoms with E-state index in [9.17, 15) is 23.1 Å². The molecule has 0 radical (unpaired) electrons. The first kappa shape index (κ1) is 31.8. The van der Waals surface area contributed by atoms with Crippen molar-refractivity contribution in [3.63, 3.8) is 0 Å². The maximum atomic E-state index is 14.7. The zero-order valence-corrected chi connectivity index (χ0v) is 26.2. The number of carbonyl (C=O) groups is 1. The van der Waals surface area contributed by atoms with Crippen molar-refractivity contribution in [2.45, 2.75) is 51.3 Å². The van der Waals surface area contributed by atoms with Gasteiger partial charge in [-0.15, -0.1) is 0 Å². The van der Waals surface area contributed by atoms with Crippen LogP contribution in [-0.4, -0.2) is 83.5 Å². The van der Waals surface area contributed by atoms with Gasteiger partial charge in [-0.1, -0.05) is 31.5 Å². The molecule has 2 saturated heterocycles. The second-order valence-electron chi connectivity index (χ2n) is 12.1. The monoisotopic (exact) mass is 655 g/mol. The van der Waals surface area contributed by atoms with Gasteiger partial charge in [-0.25, -0.2) is 28.1 Å². The van der Waals surface area contributed by atoms with Crippen LogP contribution < -0.4 is 10.2 Å². The largest absolute Gasteiger partial charge is 0.387 e. The number of hydrogen-bond donors (Lipinski definition) is 2. The Morgan fingerprint density at radius 2 is 1.87 bits per heavy atom. The molecule has 0 aliphatic carbocycles. The van der Waals surface area contributed by atoms with Gasteiger partial charge in [-0.05, 0) is 25.3 Å². The molecular weight excluding hydrogens is 623 g/mol. The van der Waals surface area contributed by atoms with E-state index in [1.807, 2.05) is 20.8 Å². The molecule has 1 amide bonds. The Bertz CT molecular complexity index is 1730. The van der Waals surface area contributed by atoms with Crippen molar-refractivity contribution >= 4 is 29.1 Å². The van der Waals surface area contributed by atoms with Gasteiger partial charge in [-0.2, -0.15) is 5.10 Å². The third-order valence-electron chi connectivity index (χ3n) is 8.82. The van der Waals surface area contributed by atoms with E-state index in [4.69, 9.17) is 11.6 Å². The van der Waals surface area contributed by atoms with Crippen LogP contribution >= 0.6 is 11.6 Å². The molecule has 6 rings (SSSR count). The van der Waals surface area contributed by atoms with Crippen LogP contribution in [0.15, 0.2) is 49.3 Å². The van der Waals surface area contributed by atoms with Crippen LogP contribution in [0.1, 0.15) is 61.3 Å². The number of aromatic nitrogens is 6. The van der Waals surface area contributed by atoms with Gasteiger partial charge in [0.2, 0.25) is 5.95 Å². The fourth-order valence-electron chi connectivity index (χ4n) is 5.68. The molecule has 5 heterocycles. The quantitative estimate of drug-likeness (QED) is 0.243. The fourth-order valence-corrected chi connectivity index (χ4v) is 5.83. The molecule has 0 spiro atoms. The van der Waals surface area contributed by atoms with Gasteiger partial charge in [0.05, 0.1) is 46.6 Å². The first-order valence-corrected chi connectivity index (χ1v) is 15.3. The highest BCUT2D eigenvalue weighted by atomic mass is 35.5. The maximum Gasteiger partial charge on any atom is 0.275 e. The van der Waals surface area contributed by atoms with Crippen LogP contribution in [0, 0.1) is 11.7 Å². The minimum Gasteiger partial charge on any atom is -0.387 e. The fraction of sp³-hybridized carbons (Fsp3) is 0.419. The highest BCUT2D eigenvalue weighted by Crippen LogP contribution is 2.36. The topological polar surface area (TPSA) is 125 Å². The summed E-state index contributed by atoms with van der Waals surface area (Å²) in [6, 6.07) is 2.09. The summed E-state index contributed by atoms with van der Waals surface area (Å²) in [5.74, 6) is -0.880. The minimum atomic E-state index is -2.99. The first-order chi connectivity index (χ1) is 21.9. The van der Waals surface area contributed by atoms with Crippen LogP contribution in [0.25, 0.3) is 11.3 Å². The average Bonchev–Trinajstić information content (AvgIpc) is 3.47. The van der Waals surface area contributed by atoms with Crippen molar-refractivity contribution in [2.24, 2.45) is 5.92 Å². The number of carbonyl (C=O) groups excluding carboxylic acids is 1. The highest BCUT2D eigenvalue weighted by molar-refractivity contribution is 6.31. The van der Waals surface area contributed by atoms with E-state index >= 15 is 0 Å². The van der Waals surface area contributed by atoms with Gasteiger partial charge in [0.15, 0.2) is 5.82 Å². The van der Waals surface area contributed by atoms with E-state index in [1.165, 1.54) is 6.20 Å². The number of nitrogens with zero attached hydrogens (tertiary/aromatic N) is 8. The Balaban J connectivity index is 1.08. The molecule has 11 nitrogen and oxygen atoms in total. The van der Waals surface area contributed by atoms with Gasteiger partial charge in [0.25, 0.3) is 12.3 Å². The van der Waals surface area contributed by atoms with E-state index in [2.05, 4.69) is 40.2 Å². The predicted octanol–water partition coefficient (Wildman–Crippen LogP) is 5.00. The zero-order chi connectivity index (χ0) is 32.7. The third-order valence-corrected chi connectivity index (χ3v) is 9.11. The van der Waals surface area contributed by atoms with E-state index in [-0.39, 0.29) is 28.4 Å². The van der Waals surface area contributed by atoms with Gasteiger partial charge in [0, 0.05) is 67.5 Å². The molecule has 0 saturated carbocycles. The molecule has 1 aromatic carbocycles. The summed E-state index contributed by atoms with van der Waals surface area (Å²) in [4.78, 5) is 34.6. The first-order valence-electron chi connectivity index (χ1n) is 14.9. The Labute approximate surface area is 268 Å². The van der Waals surface area contributed by atoms with Gasteiger partial charge >= 0.3 is 0 Å². The summed E-state index contributed by atoms with van der Waals surface area (Å²) in [6.45, 7) is 9.11. The number of halogens is 4. The lowest BCUT2D eigenvalue weighted by Gasteiger charge is -2.52. The van der Waals surface area contributed by atoms with Crippen molar-refractivity contribution in [3.8, 4) is 11.3 Å². The number of amides is 1. The number of benzene rings is 1. The number of likely N-dealkylation sites (tertiary alicyclic amines) is 1. The molecule has 2 N–H and O–H groups in total. The van der Waals surface area contributed by atoms with E-state index in [0.717, 1.165) is 49.6 Å². The second-order valence-corrected chi connectivity index (χ2v) is 12.5. The van der Waals surface area contributed by atoms with E-state index in [1.54, 1.807) is 23.3 Å². The zero-order valence-electron chi connectivity index (χ0n) is 25.4. The lowest BCUT2D eigenvalue weighted by Crippen LogP contribution is -2.67. The van der Waals surface area contributed by atoms with Gasteiger partial charge in [-0.3, -0.25) is 19.4 Å². The average molecular weight is 656 g/mol. The van der Waals surface area contributed by atoms with E-state index < -0.39 is 34.9 Å². The van der Waals surface area contributed by atoms with Crippen LogP contribution in [0.4, 0.5) is 24.8 Å². The van der Waals surface area contributed by atoms with E-state index in [0.29, 0.717) is 30.8 Å². The number of β-amino-alcohol motifs (C(OH)–C–C–N with tert-alkyl or cyclic N) is 1. The van der Waals surface area contributed by atoms with Gasteiger partial charge in [0.1, 0.15) is 5.69 Å².